The second-order valence-electron chi connectivity index (χ2n) is 16.5. The highest BCUT2D eigenvalue weighted by molar-refractivity contribution is 6.00. The average Bonchev–Trinajstić information content (AvgIpc) is 3.31. The van der Waals surface area contributed by atoms with E-state index in [0.717, 1.165) is 108 Å². The summed E-state index contributed by atoms with van der Waals surface area (Å²) in [5, 5.41) is 23.7. The molecule has 2 bridgehead atoms. The highest BCUT2D eigenvalue weighted by Crippen LogP contribution is 2.78. The third-order valence-corrected chi connectivity index (χ3v) is 14.8. The van der Waals surface area contributed by atoms with Gasteiger partial charge in [-0.1, -0.05) is 57.4 Å². The molecule has 2 heterocycles. The Balaban J connectivity index is 1.12. The van der Waals surface area contributed by atoms with Gasteiger partial charge in [0.25, 0.3) is 0 Å². The molecule has 1 saturated heterocycles. The molecule has 5 fully saturated rings. The number of hydrogen-bond donors (Lipinski definition) is 2. The van der Waals surface area contributed by atoms with Gasteiger partial charge >= 0.3 is 0 Å². The molecule has 44 heavy (non-hydrogen) atoms. The number of allylic oxidation sites excluding steroid dienone is 4. The lowest BCUT2D eigenvalue weighted by atomic mass is 9.32. The van der Waals surface area contributed by atoms with E-state index in [1.807, 2.05) is 12.3 Å². The summed E-state index contributed by atoms with van der Waals surface area (Å²) >= 11 is 0. The summed E-state index contributed by atoms with van der Waals surface area (Å²) in [6.45, 7) is 9.31. The number of piperazine rings is 1. The number of carbonyl (C=O) groups is 1. The van der Waals surface area contributed by atoms with Gasteiger partial charge in [-0.2, -0.15) is 0 Å². The minimum Gasteiger partial charge on any atom is -0.393 e. The molecule has 238 valence electrons. The van der Waals surface area contributed by atoms with Crippen LogP contribution in [0.1, 0.15) is 90.9 Å². The van der Waals surface area contributed by atoms with Crippen molar-refractivity contribution in [2.24, 2.45) is 39.4 Å². The maximum Gasteiger partial charge on any atom is 0.162 e. The Hall–Kier alpha value is -2.02. The van der Waals surface area contributed by atoms with Crippen molar-refractivity contribution in [2.75, 3.05) is 37.6 Å². The van der Waals surface area contributed by atoms with Crippen LogP contribution in [0.2, 0.25) is 0 Å². The van der Waals surface area contributed by atoms with Crippen molar-refractivity contribution in [3.05, 3.63) is 48.2 Å². The van der Waals surface area contributed by atoms with Crippen LogP contribution in [0.5, 0.6) is 0 Å². The van der Waals surface area contributed by atoms with E-state index in [4.69, 9.17) is 0 Å². The van der Waals surface area contributed by atoms with E-state index in [-0.39, 0.29) is 39.6 Å². The van der Waals surface area contributed by atoms with Crippen molar-refractivity contribution in [1.29, 1.82) is 0 Å². The smallest absolute Gasteiger partial charge is 0.162 e. The number of anilines is 1. The Morgan fingerprint density at radius 2 is 1.64 bits per heavy atom. The summed E-state index contributed by atoms with van der Waals surface area (Å²) in [6.07, 6.45) is 21.0. The standard InChI is InChI=1S/C38H53N3O3/c1-34-14-11-28(42)24-36(34)17-18-38(29(25-36)33(43)27-8-4-3-5-9-27)30(34)12-15-35(2)31(38)13-16-37(35,44)26-40-20-22-41(23-21-40)32-10-6-7-19-39-32/h6-7,10,17-19,25,27-28,30-31,42,44H,3-5,8-9,11-16,20-24,26H2,1-2H3. The maximum absolute atomic E-state index is 14.7. The number of pyridine rings is 1. The lowest BCUT2D eigenvalue weighted by molar-refractivity contribution is -0.179. The highest BCUT2D eigenvalue weighted by atomic mass is 16.3. The van der Waals surface area contributed by atoms with Crippen LogP contribution in [-0.2, 0) is 4.79 Å². The fourth-order valence-corrected chi connectivity index (χ4v) is 12.3. The molecule has 2 spiro atoms. The molecule has 6 nitrogen and oxygen atoms in total. The lowest BCUT2D eigenvalue weighted by Crippen LogP contribution is -2.67. The number of rotatable bonds is 5. The molecule has 6 heteroatoms. The zero-order valence-corrected chi connectivity index (χ0v) is 27.0. The molecule has 8 atom stereocenters. The monoisotopic (exact) mass is 599 g/mol. The first-order valence-electron chi connectivity index (χ1n) is 17.9. The van der Waals surface area contributed by atoms with Crippen LogP contribution in [0.3, 0.4) is 0 Å². The molecule has 0 amide bonds. The van der Waals surface area contributed by atoms with E-state index < -0.39 is 5.60 Å². The van der Waals surface area contributed by atoms with Gasteiger partial charge in [-0.15, -0.1) is 0 Å². The highest BCUT2D eigenvalue weighted by Gasteiger charge is 2.74. The molecule has 0 radical (unpaired) electrons. The second-order valence-corrected chi connectivity index (χ2v) is 16.5. The Labute approximate surface area is 264 Å². The molecular formula is C38H53N3O3. The topological polar surface area (TPSA) is 76.9 Å². The zero-order chi connectivity index (χ0) is 30.4. The Bertz CT molecular complexity index is 1350. The maximum atomic E-state index is 14.7. The fourth-order valence-electron chi connectivity index (χ4n) is 12.3. The summed E-state index contributed by atoms with van der Waals surface area (Å²) in [6, 6.07) is 6.11. The molecule has 4 saturated carbocycles. The van der Waals surface area contributed by atoms with Crippen LogP contribution in [0.15, 0.2) is 48.2 Å². The number of aromatic nitrogens is 1. The summed E-state index contributed by atoms with van der Waals surface area (Å²) in [7, 11) is 0. The predicted molar refractivity (Wildman–Crippen MR) is 173 cm³/mol. The number of β-amino-alcohol motifs (C(OH)–C–C–N with tert-alkyl or cyclic N) is 1. The SMILES string of the molecule is CC12CCC(O)CC13C=CC1(C(C(=O)C4CCCCC4)=C3)C2CCC2(C)C1CCC2(O)CN1CCN(c2ccccn2)CC1. The predicted octanol–water partition coefficient (Wildman–Crippen LogP) is 5.94. The van der Waals surface area contributed by atoms with Gasteiger partial charge in [0.05, 0.1) is 11.7 Å². The normalized spacial score (nSPS) is 45.4. The first-order chi connectivity index (χ1) is 21.1. The molecule has 8 unspecified atom stereocenters. The molecule has 2 N–H and O–H groups in total. The number of fused-ring (bicyclic) bond motifs is 1. The number of aliphatic hydroxyl groups excluding tert-OH is 1. The Kier molecular flexibility index (Phi) is 6.84. The van der Waals surface area contributed by atoms with Crippen LogP contribution in [-0.4, -0.2) is 70.3 Å². The van der Waals surface area contributed by atoms with E-state index in [0.29, 0.717) is 18.2 Å². The van der Waals surface area contributed by atoms with E-state index in [2.05, 4.69) is 59.0 Å². The van der Waals surface area contributed by atoms with E-state index in [1.54, 1.807) is 0 Å². The third kappa shape index (κ3) is 3.95. The van der Waals surface area contributed by atoms with E-state index in [9.17, 15) is 15.0 Å². The minimum absolute atomic E-state index is 0.0428. The zero-order valence-electron chi connectivity index (χ0n) is 27.0. The van der Waals surface area contributed by atoms with Crippen molar-refractivity contribution < 1.29 is 15.0 Å². The van der Waals surface area contributed by atoms with Gasteiger partial charge in [-0.05, 0) is 87.2 Å². The third-order valence-electron chi connectivity index (χ3n) is 14.8. The number of hydrogen-bond acceptors (Lipinski definition) is 6. The van der Waals surface area contributed by atoms with Crippen LogP contribution < -0.4 is 4.90 Å². The van der Waals surface area contributed by atoms with Crippen molar-refractivity contribution in [3.8, 4) is 0 Å². The minimum atomic E-state index is -0.771. The first kappa shape index (κ1) is 29.4. The number of ketones is 1. The van der Waals surface area contributed by atoms with Crippen LogP contribution in [0, 0.1) is 39.4 Å². The summed E-state index contributed by atoms with van der Waals surface area (Å²) in [4.78, 5) is 24.1. The largest absolute Gasteiger partial charge is 0.393 e. The lowest BCUT2D eigenvalue weighted by Gasteiger charge is -2.71. The molecule has 7 aliphatic carbocycles. The summed E-state index contributed by atoms with van der Waals surface area (Å²) in [5.41, 5.74) is -0.420. The molecule has 1 aromatic heterocycles. The molecular weight excluding hydrogens is 546 g/mol. The van der Waals surface area contributed by atoms with Crippen molar-refractivity contribution in [1.82, 2.24) is 9.88 Å². The molecule has 0 aromatic carbocycles. The Morgan fingerprint density at radius 3 is 2.39 bits per heavy atom. The van der Waals surface area contributed by atoms with Gasteiger partial charge in [0, 0.05) is 66.7 Å². The van der Waals surface area contributed by atoms with Gasteiger partial charge in [0.2, 0.25) is 0 Å². The summed E-state index contributed by atoms with van der Waals surface area (Å²) in [5.74, 6) is 2.23. The van der Waals surface area contributed by atoms with Crippen molar-refractivity contribution >= 4 is 11.6 Å². The second kappa shape index (κ2) is 10.2. The van der Waals surface area contributed by atoms with Crippen molar-refractivity contribution in [3.63, 3.8) is 0 Å². The number of carbonyl (C=O) groups excluding carboxylic acids is 1. The molecule has 9 rings (SSSR count). The van der Waals surface area contributed by atoms with Gasteiger partial charge in [0.15, 0.2) is 5.78 Å². The van der Waals surface area contributed by atoms with Crippen LogP contribution in [0.4, 0.5) is 5.82 Å². The van der Waals surface area contributed by atoms with Gasteiger partial charge < -0.3 is 15.1 Å². The van der Waals surface area contributed by atoms with E-state index >= 15 is 0 Å². The van der Waals surface area contributed by atoms with E-state index in [1.165, 1.54) is 6.42 Å². The first-order valence-corrected chi connectivity index (χ1v) is 17.9. The van der Waals surface area contributed by atoms with Gasteiger partial charge in [0.1, 0.15) is 5.82 Å². The Morgan fingerprint density at radius 1 is 0.909 bits per heavy atom. The number of nitrogens with zero attached hydrogens (tertiary/aromatic N) is 3. The summed E-state index contributed by atoms with van der Waals surface area (Å²) < 4.78 is 0. The molecule has 1 aliphatic heterocycles. The number of Topliss-reactive ketones (excluding diaryl/α,β-unsaturated/α-hetero) is 1. The number of aliphatic hydroxyl groups is 2. The van der Waals surface area contributed by atoms with Crippen LogP contribution >= 0.6 is 0 Å². The van der Waals surface area contributed by atoms with Gasteiger partial charge in [-0.25, -0.2) is 4.98 Å². The van der Waals surface area contributed by atoms with Crippen molar-refractivity contribution in [2.45, 2.75) is 103 Å². The molecule has 8 aliphatic rings. The molecule has 1 aromatic rings. The fraction of sp³-hybridized carbons (Fsp3) is 0.737. The van der Waals surface area contributed by atoms with Gasteiger partial charge in [-0.3, -0.25) is 9.69 Å². The average molecular weight is 600 g/mol. The van der Waals surface area contributed by atoms with Crippen LogP contribution in [0.25, 0.3) is 0 Å². The quantitative estimate of drug-likeness (QED) is 0.408.